The molecule has 0 aliphatic carbocycles. The molecule has 19 heavy (non-hydrogen) atoms. The largest absolute Gasteiger partial charge is 0.467 e. The van der Waals surface area contributed by atoms with Gasteiger partial charge in [0, 0.05) is 16.3 Å². The SMILES string of the molecule is COC(=O)C(C)(C)OCC#Cc1cc(Cl)ccc1N. The van der Waals surface area contributed by atoms with E-state index >= 15 is 0 Å². The van der Waals surface area contributed by atoms with E-state index in [4.69, 9.17) is 22.1 Å². The third kappa shape index (κ3) is 4.47. The molecule has 0 radical (unpaired) electrons. The highest BCUT2D eigenvalue weighted by atomic mass is 35.5. The number of anilines is 1. The monoisotopic (exact) mass is 281 g/mol. The number of hydrogen-bond acceptors (Lipinski definition) is 4. The molecule has 0 aliphatic heterocycles. The highest BCUT2D eigenvalue weighted by Crippen LogP contribution is 2.16. The second-order valence-electron chi connectivity index (χ2n) is 4.32. The van der Waals surface area contributed by atoms with Crippen molar-refractivity contribution in [1.82, 2.24) is 0 Å². The maximum absolute atomic E-state index is 11.4. The van der Waals surface area contributed by atoms with Crippen molar-refractivity contribution < 1.29 is 14.3 Å². The number of methoxy groups -OCH3 is 1. The third-order valence-electron chi connectivity index (χ3n) is 2.42. The lowest BCUT2D eigenvalue weighted by molar-refractivity contribution is -0.163. The molecule has 0 bridgehead atoms. The zero-order chi connectivity index (χ0) is 14.5. The zero-order valence-corrected chi connectivity index (χ0v) is 11.9. The Morgan fingerprint density at radius 3 is 2.79 bits per heavy atom. The lowest BCUT2D eigenvalue weighted by atomic mass is 10.1. The molecule has 1 aromatic carbocycles. The van der Waals surface area contributed by atoms with Crippen molar-refractivity contribution in [2.45, 2.75) is 19.4 Å². The summed E-state index contributed by atoms with van der Waals surface area (Å²) in [6.45, 7) is 3.33. The van der Waals surface area contributed by atoms with E-state index in [1.807, 2.05) is 0 Å². The Balaban J connectivity index is 2.66. The summed E-state index contributed by atoms with van der Waals surface area (Å²) in [5.41, 5.74) is 5.90. The Morgan fingerprint density at radius 1 is 1.47 bits per heavy atom. The molecular formula is C14H16ClNO3. The Hall–Kier alpha value is -1.70. The van der Waals surface area contributed by atoms with Crippen LogP contribution in [-0.4, -0.2) is 25.3 Å². The van der Waals surface area contributed by atoms with Crippen LogP contribution < -0.4 is 5.73 Å². The Labute approximate surface area is 117 Å². The summed E-state index contributed by atoms with van der Waals surface area (Å²) >= 11 is 5.85. The van der Waals surface area contributed by atoms with Crippen molar-refractivity contribution in [1.29, 1.82) is 0 Å². The molecule has 0 amide bonds. The van der Waals surface area contributed by atoms with Crippen molar-refractivity contribution in [3.05, 3.63) is 28.8 Å². The van der Waals surface area contributed by atoms with E-state index in [1.165, 1.54) is 7.11 Å². The van der Waals surface area contributed by atoms with Crippen LogP contribution >= 0.6 is 11.6 Å². The van der Waals surface area contributed by atoms with Crippen molar-refractivity contribution in [3.8, 4) is 11.8 Å². The molecule has 0 unspecified atom stereocenters. The predicted molar refractivity (Wildman–Crippen MR) is 74.8 cm³/mol. The van der Waals surface area contributed by atoms with Gasteiger partial charge < -0.3 is 15.2 Å². The van der Waals surface area contributed by atoms with Gasteiger partial charge in [-0.25, -0.2) is 4.79 Å². The van der Waals surface area contributed by atoms with Crippen LogP contribution in [0.25, 0.3) is 0 Å². The van der Waals surface area contributed by atoms with Gasteiger partial charge in [0.25, 0.3) is 0 Å². The molecule has 0 spiro atoms. The molecule has 2 N–H and O–H groups in total. The van der Waals surface area contributed by atoms with Gasteiger partial charge in [0.15, 0.2) is 5.60 Å². The van der Waals surface area contributed by atoms with Gasteiger partial charge in [-0.05, 0) is 32.0 Å². The zero-order valence-electron chi connectivity index (χ0n) is 11.1. The van der Waals surface area contributed by atoms with Crippen molar-refractivity contribution in [2.75, 3.05) is 19.5 Å². The molecule has 5 heteroatoms. The molecule has 1 rings (SSSR count). The summed E-state index contributed by atoms with van der Waals surface area (Å²) < 4.78 is 9.97. The first-order chi connectivity index (χ1) is 8.86. The van der Waals surface area contributed by atoms with Crippen LogP contribution in [0.2, 0.25) is 5.02 Å². The third-order valence-corrected chi connectivity index (χ3v) is 2.66. The number of nitrogen functional groups attached to an aromatic ring is 1. The molecule has 0 aromatic heterocycles. The van der Waals surface area contributed by atoms with Crippen LogP contribution in [0, 0.1) is 11.8 Å². The van der Waals surface area contributed by atoms with E-state index in [9.17, 15) is 4.79 Å². The van der Waals surface area contributed by atoms with Gasteiger partial charge in [-0.15, -0.1) is 0 Å². The van der Waals surface area contributed by atoms with E-state index in [0.29, 0.717) is 16.3 Å². The average Bonchev–Trinajstić information content (AvgIpc) is 2.37. The Kier molecular flexibility index (Phi) is 5.22. The quantitative estimate of drug-likeness (QED) is 0.524. The molecule has 4 nitrogen and oxygen atoms in total. The minimum absolute atomic E-state index is 0.0913. The molecule has 0 atom stereocenters. The minimum atomic E-state index is -1.02. The summed E-state index contributed by atoms with van der Waals surface area (Å²) in [6.07, 6.45) is 0. The van der Waals surface area contributed by atoms with E-state index in [-0.39, 0.29) is 6.61 Å². The first-order valence-corrected chi connectivity index (χ1v) is 6.01. The molecule has 1 aromatic rings. The van der Waals surface area contributed by atoms with Gasteiger partial charge in [0.05, 0.1) is 7.11 Å². The van der Waals surface area contributed by atoms with Gasteiger partial charge in [0.2, 0.25) is 0 Å². The van der Waals surface area contributed by atoms with Gasteiger partial charge in [-0.3, -0.25) is 0 Å². The fourth-order valence-corrected chi connectivity index (χ4v) is 1.46. The molecule has 0 fully saturated rings. The summed E-state index contributed by atoms with van der Waals surface area (Å²) in [5, 5.41) is 0.564. The minimum Gasteiger partial charge on any atom is -0.467 e. The number of benzene rings is 1. The lowest BCUT2D eigenvalue weighted by Crippen LogP contribution is -2.36. The lowest BCUT2D eigenvalue weighted by Gasteiger charge is -2.20. The second-order valence-corrected chi connectivity index (χ2v) is 4.76. The fourth-order valence-electron chi connectivity index (χ4n) is 1.29. The summed E-state index contributed by atoms with van der Waals surface area (Å²) in [4.78, 5) is 11.4. The van der Waals surface area contributed by atoms with Crippen LogP contribution in [0.5, 0.6) is 0 Å². The Morgan fingerprint density at radius 2 is 2.16 bits per heavy atom. The van der Waals surface area contributed by atoms with Gasteiger partial charge in [0.1, 0.15) is 6.61 Å². The summed E-state index contributed by atoms with van der Waals surface area (Å²) in [5.74, 6) is 5.19. The topological polar surface area (TPSA) is 61.5 Å². The van der Waals surface area contributed by atoms with Gasteiger partial charge in [-0.2, -0.15) is 0 Å². The number of carbonyl (C=O) groups excluding carboxylic acids is 1. The molecule has 0 heterocycles. The number of esters is 1. The molecular weight excluding hydrogens is 266 g/mol. The number of hydrogen-bond donors (Lipinski definition) is 1. The van der Waals surface area contributed by atoms with Gasteiger partial charge >= 0.3 is 5.97 Å². The Bertz CT molecular complexity index is 529. The number of halogens is 1. The summed E-state index contributed by atoms with van der Waals surface area (Å²) in [6, 6.07) is 5.06. The van der Waals surface area contributed by atoms with E-state index in [0.717, 1.165) is 0 Å². The highest BCUT2D eigenvalue weighted by Gasteiger charge is 2.29. The molecule has 0 saturated carbocycles. The van der Waals surface area contributed by atoms with Crippen molar-refractivity contribution in [2.24, 2.45) is 0 Å². The van der Waals surface area contributed by atoms with Gasteiger partial charge in [-0.1, -0.05) is 23.4 Å². The standard InChI is InChI=1S/C14H16ClNO3/c1-14(2,13(17)18-3)19-8-4-5-10-9-11(15)6-7-12(10)16/h6-7,9H,8,16H2,1-3H3. The normalized spacial score (nSPS) is 10.5. The van der Waals surface area contributed by atoms with Crippen molar-refractivity contribution in [3.63, 3.8) is 0 Å². The molecule has 102 valence electrons. The summed E-state index contributed by atoms with van der Waals surface area (Å²) in [7, 11) is 1.31. The predicted octanol–water partition coefficient (Wildman–Crippen LogP) is 2.24. The number of ether oxygens (including phenoxy) is 2. The number of nitrogens with two attached hydrogens (primary N) is 1. The van der Waals surface area contributed by atoms with E-state index in [1.54, 1.807) is 32.0 Å². The smallest absolute Gasteiger partial charge is 0.337 e. The fraction of sp³-hybridized carbons (Fsp3) is 0.357. The molecule has 0 saturated heterocycles. The average molecular weight is 282 g/mol. The van der Waals surface area contributed by atoms with Crippen LogP contribution in [0.1, 0.15) is 19.4 Å². The van der Waals surface area contributed by atoms with E-state index in [2.05, 4.69) is 16.6 Å². The van der Waals surface area contributed by atoms with Crippen LogP contribution in [0.4, 0.5) is 5.69 Å². The molecule has 0 aliphatic rings. The van der Waals surface area contributed by atoms with E-state index < -0.39 is 11.6 Å². The second kappa shape index (κ2) is 6.46. The maximum atomic E-state index is 11.4. The first-order valence-electron chi connectivity index (χ1n) is 5.63. The maximum Gasteiger partial charge on any atom is 0.337 e. The number of rotatable bonds is 3. The van der Waals surface area contributed by atoms with Crippen LogP contribution in [0.15, 0.2) is 18.2 Å². The van der Waals surface area contributed by atoms with Crippen molar-refractivity contribution >= 4 is 23.3 Å². The number of carbonyl (C=O) groups is 1. The van der Waals surface area contributed by atoms with Crippen LogP contribution in [-0.2, 0) is 14.3 Å². The van der Waals surface area contributed by atoms with Crippen LogP contribution in [0.3, 0.4) is 0 Å². The highest BCUT2D eigenvalue weighted by molar-refractivity contribution is 6.30. The first kappa shape index (κ1) is 15.4.